The average Bonchev–Trinajstić information content (AvgIpc) is 2.31. The fourth-order valence-electron chi connectivity index (χ4n) is 2.05. The second-order valence-corrected chi connectivity index (χ2v) is 3.97. The lowest BCUT2D eigenvalue weighted by Crippen LogP contribution is -2.39. The monoisotopic (exact) mass is 233 g/mol. The molecule has 1 aromatic carbocycles. The summed E-state index contributed by atoms with van der Waals surface area (Å²) in [6, 6.07) is 7.48. The van der Waals surface area contributed by atoms with Gasteiger partial charge < -0.3 is 4.74 Å². The molecule has 2 amide bonds. The van der Waals surface area contributed by atoms with Crippen molar-refractivity contribution in [2.75, 3.05) is 6.61 Å². The number of rotatable bonds is 3. The zero-order chi connectivity index (χ0) is 12.3. The molecule has 1 N–H and O–H groups in total. The summed E-state index contributed by atoms with van der Waals surface area (Å²) in [4.78, 5) is 22.9. The van der Waals surface area contributed by atoms with Crippen LogP contribution < -0.4 is 10.1 Å². The molecule has 4 heteroatoms. The number of benzene rings is 1. The molecule has 1 aliphatic heterocycles. The third-order valence-corrected chi connectivity index (χ3v) is 2.83. The summed E-state index contributed by atoms with van der Waals surface area (Å²) < 4.78 is 5.50. The fraction of sp³-hybridized carbons (Fsp3) is 0.385. The molecule has 0 aliphatic carbocycles. The molecule has 1 heterocycles. The van der Waals surface area contributed by atoms with Gasteiger partial charge in [0.25, 0.3) is 0 Å². The number of hydrogen-bond acceptors (Lipinski definition) is 3. The first kappa shape index (κ1) is 11.6. The summed E-state index contributed by atoms with van der Waals surface area (Å²) in [6.45, 7) is 2.46. The molecule has 1 fully saturated rings. The van der Waals surface area contributed by atoms with E-state index in [-0.39, 0.29) is 17.7 Å². The molecule has 0 bridgehead atoms. The third kappa shape index (κ3) is 2.46. The van der Waals surface area contributed by atoms with Crippen LogP contribution in [0.25, 0.3) is 0 Å². The number of imide groups is 1. The molecule has 1 unspecified atom stereocenters. The van der Waals surface area contributed by atoms with Crippen molar-refractivity contribution >= 4 is 11.8 Å². The summed E-state index contributed by atoms with van der Waals surface area (Å²) in [5, 5.41) is 2.36. The Bertz CT molecular complexity index is 442. The zero-order valence-corrected chi connectivity index (χ0v) is 9.73. The van der Waals surface area contributed by atoms with Gasteiger partial charge in [-0.3, -0.25) is 14.9 Å². The molecule has 0 radical (unpaired) electrons. The molecule has 0 aromatic heterocycles. The van der Waals surface area contributed by atoms with Gasteiger partial charge in [-0.15, -0.1) is 0 Å². The van der Waals surface area contributed by atoms with E-state index in [1.165, 1.54) is 0 Å². The van der Waals surface area contributed by atoms with Crippen LogP contribution in [0.3, 0.4) is 0 Å². The molecular formula is C13H15NO3. The highest BCUT2D eigenvalue weighted by Gasteiger charge is 2.29. The Kier molecular flexibility index (Phi) is 3.42. The summed E-state index contributed by atoms with van der Waals surface area (Å²) in [6.07, 6.45) is 0.936. The molecule has 4 nitrogen and oxygen atoms in total. The predicted octanol–water partition coefficient (Wildman–Crippen LogP) is 1.61. The maximum Gasteiger partial charge on any atom is 0.234 e. The van der Waals surface area contributed by atoms with Gasteiger partial charge in [0, 0.05) is 12.0 Å². The van der Waals surface area contributed by atoms with Crippen LogP contribution in [0.15, 0.2) is 24.3 Å². The van der Waals surface area contributed by atoms with E-state index in [0.717, 1.165) is 11.3 Å². The van der Waals surface area contributed by atoms with Crippen LogP contribution in [0.2, 0.25) is 0 Å². The van der Waals surface area contributed by atoms with Crippen molar-refractivity contribution in [3.63, 3.8) is 0 Å². The second-order valence-electron chi connectivity index (χ2n) is 3.97. The lowest BCUT2D eigenvalue weighted by atomic mass is 9.90. The average molecular weight is 233 g/mol. The predicted molar refractivity (Wildman–Crippen MR) is 62.7 cm³/mol. The van der Waals surface area contributed by atoms with Crippen molar-refractivity contribution in [2.45, 2.75) is 25.7 Å². The molecular weight excluding hydrogens is 218 g/mol. The minimum Gasteiger partial charge on any atom is -0.494 e. The zero-order valence-electron chi connectivity index (χ0n) is 9.73. The van der Waals surface area contributed by atoms with Crippen molar-refractivity contribution < 1.29 is 14.3 Å². The Balaban J connectivity index is 2.27. The van der Waals surface area contributed by atoms with Gasteiger partial charge >= 0.3 is 0 Å². The molecule has 90 valence electrons. The number of ether oxygens (including phenoxy) is 1. The minimum absolute atomic E-state index is 0.194. The smallest absolute Gasteiger partial charge is 0.234 e. The molecule has 1 aromatic rings. The van der Waals surface area contributed by atoms with Gasteiger partial charge in [0.05, 0.1) is 12.5 Å². The highest BCUT2D eigenvalue weighted by atomic mass is 16.5. The standard InChI is InChI=1S/C13H15NO3/c1-2-17-11-6-4-3-5-9(11)10-7-8-12(15)14-13(10)16/h3-6,10H,2,7-8H2,1H3,(H,14,15,16). The topological polar surface area (TPSA) is 55.4 Å². The van der Waals surface area contributed by atoms with Gasteiger partial charge in [0.2, 0.25) is 11.8 Å². The van der Waals surface area contributed by atoms with Crippen LogP contribution in [-0.2, 0) is 9.59 Å². The van der Waals surface area contributed by atoms with Crippen molar-refractivity contribution in [2.24, 2.45) is 0 Å². The van der Waals surface area contributed by atoms with E-state index in [0.29, 0.717) is 19.4 Å². The van der Waals surface area contributed by atoms with E-state index >= 15 is 0 Å². The Labute approximate surface area is 100.0 Å². The third-order valence-electron chi connectivity index (χ3n) is 2.83. The van der Waals surface area contributed by atoms with Crippen LogP contribution >= 0.6 is 0 Å². The first-order valence-corrected chi connectivity index (χ1v) is 5.77. The van der Waals surface area contributed by atoms with Gasteiger partial charge in [-0.2, -0.15) is 0 Å². The quantitative estimate of drug-likeness (QED) is 0.807. The number of carbonyl (C=O) groups excluding carboxylic acids is 2. The maximum absolute atomic E-state index is 11.8. The van der Waals surface area contributed by atoms with Gasteiger partial charge in [-0.25, -0.2) is 0 Å². The summed E-state index contributed by atoms with van der Waals surface area (Å²) in [7, 11) is 0. The Morgan fingerprint density at radius 3 is 2.82 bits per heavy atom. The van der Waals surface area contributed by atoms with Gasteiger partial charge in [0.1, 0.15) is 5.75 Å². The normalized spacial score (nSPS) is 19.9. The number of para-hydroxylation sites is 1. The minimum atomic E-state index is -0.282. The first-order valence-electron chi connectivity index (χ1n) is 5.77. The SMILES string of the molecule is CCOc1ccccc1C1CCC(=O)NC1=O. The number of hydrogen-bond donors (Lipinski definition) is 1. The van der Waals surface area contributed by atoms with Crippen molar-refractivity contribution in [1.82, 2.24) is 5.32 Å². The number of carbonyl (C=O) groups is 2. The van der Waals surface area contributed by atoms with Gasteiger partial charge in [-0.05, 0) is 19.4 Å². The van der Waals surface area contributed by atoms with E-state index in [2.05, 4.69) is 5.32 Å². The number of amides is 2. The number of piperidine rings is 1. The van der Waals surface area contributed by atoms with Crippen LogP contribution in [0.5, 0.6) is 5.75 Å². The highest BCUT2D eigenvalue weighted by molar-refractivity contribution is 6.01. The summed E-state index contributed by atoms with van der Waals surface area (Å²) in [5.41, 5.74) is 0.861. The van der Waals surface area contributed by atoms with E-state index < -0.39 is 0 Å². The molecule has 2 rings (SSSR count). The van der Waals surface area contributed by atoms with Crippen molar-refractivity contribution in [3.05, 3.63) is 29.8 Å². The molecule has 0 saturated carbocycles. The molecule has 1 aliphatic rings. The van der Waals surface area contributed by atoms with Crippen molar-refractivity contribution in [3.8, 4) is 5.75 Å². The summed E-state index contributed by atoms with van der Waals surface area (Å²) in [5.74, 6) is 0.0218. The van der Waals surface area contributed by atoms with Gasteiger partial charge in [-0.1, -0.05) is 18.2 Å². The Morgan fingerprint density at radius 2 is 2.12 bits per heavy atom. The van der Waals surface area contributed by atoms with E-state index in [1.807, 2.05) is 31.2 Å². The van der Waals surface area contributed by atoms with Gasteiger partial charge in [0.15, 0.2) is 0 Å². The molecule has 17 heavy (non-hydrogen) atoms. The van der Waals surface area contributed by atoms with Crippen LogP contribution in [0, 0.1) is 0 Å². The lowest BCUT2D eigenvalue weighted by molar-refractivity contribution is -0.134. The maximum atomic E-state index is 11.8. The van der Waals surface area contributed by atoms with Crippen LogP contribution in [0.1, 0.15) is 31.2 Å². The fourth-order valence-corrected chi connectivity index (χ4v) is 2.05. The highest BCUT2D eigenvalue weighted by Crippen LogP contribution is 2.31. The second kappa shape index (κ2) is 4.99. The van der Waals surface area contributed by atoms with E-state index in [4.69, 9.17) is 4.74 Å². The lowest BCUT2D eigenvalue weighted by Gasteiger charge is -2.22. The van der Waals surface area contributed by atoms with E-state index in [9.17, 15) is 9.59 Å². The van der Waals surface area contributed by atoms with Crippen LogP contribution in [-0.4, -0.2) is 18.4 Å². The largest absolute Gasteiger partial charge is 0.494 e. The van der Waals surface area contributed by atoms with Crippen molar-refractivity contribution in [1.29, 1.82) is 0 Å². The first-order chi connectivity index (χ1) is 8.22. The van der Waals surface area contributed by atoms with Crippen LogP contribution in [0.4, 0.5) is 0 Å². The Hall–Kier alpha value is -1.84. The summed E-state index contributed by atoms with van der Waals surface area (Å²) >= 11 is 0. The Morgan fingerprint density at radius 1 is 1.35 bits per heavy atom. The van der Waals surface area contributed by atoms with E-state index in [1.54, 1.807) is 0 Å². The molecule has 1 saturated heterocycles. The molecule has 1 atom stereocenters. The number of nitrogens with one attached hydrogen (secondary N) is 1. The molecule has 0 spiro atoms.